The Bertz CT molecular complexity index is 456. The van der Waals surface area contributed by atoms with Gasteiger partial charge in [-0.25, -0.2) is 4.99 Å². The Morgan fingerprint density at radius 1 is 1.27 bits per heavy atom. The zero-order valence-corrected chi connectivity index (χ0v) is 16.4. The number of carbonyl (C=O) groups excluding carboxylic acids is 1. The fraction of sp³-hybridized carbons (Fsp3) is 0.895. The van der Waals surface area contributed by atoms with Gasteiger partial charge in [0.25, 0.3) is 0 Å². The Morgan fingerprint density at radius 3 is 2.65 bits per heavy atom. The van der Waals surface area contributed by atoms with Crippen LogP contribution in [0.15, 0.2) is 4.99 Å². The van der Waals surface area contributed by atoms with E-state index in [-0.39, 0.29) is 24.5 Å². The van der Waals surface area contributed by atoms with Crippen molar-refractivity contribution in [2.24, 2.45) is 16.3 Å². The zero-order valence-electron chi connectivity index (χ0n) is 16.4. The van der Waals surface area contributed by atoms with E-state index >= 15 is 0 Å². The molecule has 1 saturated carbocycles. The van der Waals surface area contributed by atoms with Crippen molar-refractivity contribution < 1.29 is 14.6 Å². The number of rotatable bonds is 8. The highest BCUT2D eigenvalue weighted by Crippen LogP contribution is 2.31. The predicted molar refractivity (Wildman–Crippen MR) is 103 cm³/mol. The monoisotopic (exact) mass is 368 g/mol. The van der Waals surface area contributed by atoms with Crippen LogP contribution in [-0.2, 0) is 9.53 Å². The maximum Gasteiger partial charge on any atom is 0.243 e. The zero-order chi connectivity index (χ0) is 18.8. The number of guanidine groups is 1. The van der Waals surface area contributed by atoms with Crippen LogP contribution in [0.3, 0.4) is 0 Å². The minimum atomic E-state index is -0.0480. The minimum absolute atomic E-state index is 0.0157. The van der Waals surface area contributed by atoms with Gasteiger partial charge in [-0.3, -0.25) is 4.79 Å². The number of aliphatic hydroxyl groups excluding tert-OH is 1. The highest BCUT2D eigenvalue weighted by Gasteiger charge is 2.34. The van der Waals surface area contributed by atoms with Crippen LogP contribution in [0, 0.1) is 11.3 Å². The number of aliphatic hydroxyl groups is 1. The van der Waals surface area contributed by atoms with Crippen LogP contribution in [0.25, 0.3) is 0 Å². The van der Waals surface area contributed by atoms with Crippen molar-refractivity contribution in [3.8, 4) is 0 Å². The molecule has 1 aliphatic carbocycles. The minimum Gasteiger partial charge on any atom is -0.396 e. The van der Waals surface area contributed by atoms with E-state index in [1.807, 2.05) is 0 Å². The summed E-state index contributed by atoms with van der Waals surface area (Å²) in [5, 5.41) is 16.2. The molecule has 1 unspecified atom stereocenters. The van der Waals surface area contributed by atoms with Gasteiger partial charge in [0.1, 0.15) is 6.54 Å². The Labute approximate surface area is 157 Å². The Morgan fingerprint density at radius 2 is 2.04 bits per heavy atom. The molecule has 1 aliphatic heterocycles. The van der Waals surface area contributed by atoms with Crippen molar-refractivity contribution in [3.63, 3.8) is 0 Å². The fourth-order valence-corrected chi connectivity index (χ4v) is 3.68. The molecule has 1 amide bonds. The second-order valence-corrected chi connectivity index (χ2v) is 7.97. The Kier molecular flexibility index (Phi) is 8.65. The van der Waals surface area contributed by atoms with Gasteiger partial charge in [-0.2, -0.15) is 0 Å². The summed E-state index contributed by atoms with van der Waals surface area (Å²) >= 11 is 0. The molecule has 0 radical (unpaired) electrons. The first-order chi connectivity index (χ1) is 12.5. The van der Waals surface area contributed by atoms with Crippen LogP contribution in [0.4, 0.5) is 0 Å². The molecule has 1 heterocycles. The molecule has 1 saturated heterocycles. The number of nitrogens with one attached hydrogen (secondary N) is 2. The molecule has 0 spiro atoms. The smallest absolute Gasteiger partial charge is 0.243 e. The van der Waals surface area contributed by atoms with Crippen LogP contribution in [0.1, 0.15) is 44.9 Å². The largest absolute Gasteiger partial charge is 0.396 e. The Hall–Kier alpha value is -1.34. The van der Waals surface area contributed by atoms with Gasteiger partial charge in [0, 0.05) is 45.8 Å². The van der Waals surface area contributed by atoms with Crippen LogP contribution >= 0.6 is 0 Å². The molecule has 7 nitrogen and oxygen atoms in total. The lowest BCUT2D eigenvalue weighted by atomic mass is 9.84. The molecule has 0 bridgehead atoms. The summed E-state index contributed by atoms with van der Waals surface area (Å²) in [6.45, 7) is 3.28. The summed E-state index contributed by atoms with van der Waals surface area (Å²) in [7, 11) is 3.49. The van der Waals surface area contributed by atoms with E-state index in [0.717, 1.165) is 19.6 Å². The van der Waals surface area contributed by atoms with Gasteiger partial charge in [-0.15, -0.1) is 0 Å². The normalized spacial score (nSPS) is 24.5. The fourth-order valence-electron chi connectivity index (χ4n) is 3.68. The first kappa shape index (κ1) is 21.0. The topological polar surface area (TPSA) is 86.2 Å². The average Bonchev–Trinajstić information content (AvgIpc) is 3.10. The number of amides is 1. The van der Waals surface area contributed by atoms with E-state index in [4.69, 9.17) is 4.74 Å². The van der Waals surface area contributed by atoms with Crippen molar-refractivity contribution in [1.29, 1.82) is 0 Å². The standard InChI is InChI=1S/C19H36N4O3/c1-23(2)17(25)13-21-18(20-12-16-6-4-3-5-7-16)22-14-19(8-10-24)9-11-26-15-19/h16,24H,3-15H2,1-2H3,(H2,20,21,22). The van der Waals surface area contributed by atoms with Crippen LogP contribution < -0.4 is 10.6 Å². The summed E-state index contributed by atoms with van der Waals surface area (Å²) in [5.41, 5.74) is -0.0480. The second kappa shape index (κ2) is 10.7. The van der Waals surface area contributed by atoms with Crippen molar-refractivity contribution in [2.75, 3.05) is 53.6 Å². The first-order valence-corrected chi connectivity index (χ1v) is 9.96. The third-order valence-corrected chi connectivity index (χ3v) is 5.61. The van der Waals surface area contributed by atoms with Crippen molar-refractivity contribution in [2.45, 2.75) is 44.9 Å². The maximum atomic E-state index is 11.9. The molecule has 0 aromatic rings. The molecular formula is C19H36N4O3. The molecule has 0 aromatic heterocycles. The summed E-state index contributed by atoms with van der Waals surface area (Å²) in [6, 6.07) is 0. The molecular weight excluding hydrogens is 332 g/mol. The average molecular weight is 369 g/mol. The third kappa shape index (κ3) is 6.76. The van der Waals surface area contributed by atoms with E-state index in [9.17, 15) is 9.90 Å². The SMILES string of the molecule is CN(C)C(=O)CN=C(NCC1CCCCC1)NCC1(CCO)CCOC1. The molecule has 26 heavy (non-hydrogen) atoms. The van der Waals surface area contributed by atoms with E-state index in [0.29, 0.717) is 31.4 Å². The van der Waals surface area contributed by atoms with Crippen molar-refractivity contribution in [1.82, 2.24) is 15.5 Å². The lowest BCUT2D eigenvalue weighted by Gasteiger charge is -2.28. The van der Waals surface area contributed by atoms with Gasteiger partial charge in [0.05, 0.1) is 6.61 Å². The lowest BCUT2D eigenvalue weighted by Crippen LogP contribution is -2.46. The molecule has 3 N–H and O–H groups in total. The van der Waals surface area contributed by atoms with Gasteiger partial charge in [-0.1, -0.05) is 19.3 Å². The van der Waals surface area contributed by atoms with Gasteiger partial charge < -0.3 is 25.4 Å². The number of ether oxygens (including phenoxy) is 1. The quantitative estimate of drug-likeness (QED) is 0.439. The molecule has 1 atom stereocenters. The van der Waals surface area contributed by atoms with Crippen molar-refractivity contribution in [3.05, 3.63) is 0 Å². The summed E-state index contributed by atoms with van der Waals surface area (Å²) in [5.74, 6) is 1.36. The van der Waals surface area contributed by atoms with E-state index < -0.39 is 0 Å². The van der Waals surface area contributed by atoms with Gasteiger partial charge in [0.2, 0.25) is 5.91 Å². The molecule has 2 aliphatic rings. The molecule has 150 valence electrons. The predicted octanol–water partition coefficient (Wildman–Crippen LogP) is 0.979. The molecule has 2 rings (SSSR count). The lowest BCUT2D eigenvalue weighted by molar-refractivity contribution is -0.127. The number of hydrogen-bond donors (Lipinski definition) is 3. The van der Waals surface area contributed by atoms with Crippen molar-refractivity contribution >= 4 is 11.9 Å². The van der Waals surface area contributed by atoms with Crippen LogP contribution in [-0.4, -0.2) is 75.4 Å². The highest BCUT2D eigenvalue weighted by molar-refractivity contribution is 5.84. The first-order valence-electron chi connectivity index (χ1n) is 9.96. The molecule has 0 aromatic carbocycles. The van der Waals surface area contributed by atoms with Crippen LogP contribution in [0.2, 0.25) is 0 Å². The molecule has 2 fully saturated rings. The number of aliphatic imine (C=N–C) groups is 1. The van der Waals surface area contributed by atoms with E-state index in [2.05, 4.69) is 15.6 Å². The van der Waals surface area contributed by atoms with Gasteiger partial charge in [-0.05, 0) is 31.6 Å². The van der Waals surface area contributed by atoms with Gasteiger partial charge >= 0.3 is 0 Å². The Balaban J connectivity index is 1.92. The van der Waals surface area contributed by atoms with E-state index in [1.165, 1.54) is 32.1 Å². The molecule has 7 heteroatoms. The number of carbonyl (C=O) groups is 1. The second-order valence-electron chi connectivity index (χ2n) is 7.97. The highest BCUT2D eigenvalue weighted by atomic mass is 16.5. The maximum absolute atomic E-state index is 11.9. The van der Waals surface area contributed by atoms with Gasteiger partial charge in [0.15, 0.2) is 5.96 Å². The number of hydrogen-bond acceptors (Lipinski definition) is 4. The third-order valence-electron chi connectivity index (χ3n) is 5.61. The van der Waals surface area contributed by atoms with E-state index in [1.54, 1.807) is 19.0 Å². The summed E-state index contributed by atoms with van der Waals surface area (Å²) in [6.07, 6.45) is 8.14. The number of nitrogens with zero attached hydrogens (tertiary/aromatic N) is 2. The number of likely N-dealkylation sites (N-methyl/N-ethyl adjacent to an activating group) is 1. The summed E-state index contributed by atoms with van der Waals surface area (Å²) in [4.78, 5) is 17.9. The van der Waals surface area contributed by atoms with Crippen LogP contribution in [0.5, 0.6) is 0 Å². The summed E-state index contributed by atoms with van der Waals surface area (Å²) < 4.78 is 5.56.